The van der Waals surface area contributed by atoms with Gasteiger partial charge in [0.1, 0.15) is 0 Å². The van der Waals surface area contributed by atoms with Gasteiger partial charge < -0.3 is 10.1 Å². The summed E-state index contributed by atoms with van der Waals surface area (Å²) in [5.74, 6) is 7.04. The molecule has 2 spiro atoms. The van der Waals surface area contributed by atoms with Gasteiger partial charge in [0.25, 0.3) is 5.91 Å². The summed E-state index contributed by atoms with van der Waals surface area (Å²) in [7, 11) is 1.75. The first kappa shape index (κ1) is 18.7. The van der Waals surface area contributed by atoms with Crippen molar-refractivity contribution in [2.75, 3.05) is 7.11 Å². The minimum atomic E-state index is -0.983. The highest BCUT2D eigenvalue weighted by Crippen LogP contribution is 2.59. The van der Waals surface area contributed by atoms with E-state index in [4.69, 9.17) is 4.74 Å². The lowest BCUT2D eigenvalue weighted by Gasteiger charge is -2.46. The molecule has 0 radical (unpaired) electrons. The molecule has 1 atom stereocenters. The lowest BCUT2D eigenvalue weighted by atomic mass is 9.61. The second kappa shape index (κ2) is 6.88. The van der Waals surface area contributed by atoms with E-state index >= 15 is 0 Å². The Hall–Kier alpha value is -2.32. The Bertz CT molecular complexity index is 914. The Labute approximate surface area is 172 Å². The fourth-order valence-corrected chi connectivity index (χ4v) is 6.15. The Balaban J connectivity index is 1.55. The van der Waals surface area contributed by atoms with Gasteiger partial charge in [-0.3, -0.25) is 10.1 Å². The normalized spacial score (nSPS) is 33.5. The number of hydrogen-bond acceptors (Lipinski definition) is 3. The van der Waals surface area contributed by atoms with Crippen molar-refractivity contribution in [1.29, 1.82) is 0 Å². The third kappa shape index (κ3) is 2.80. The molecule has 1 heterocycles. The fourth-order valence-electron chi connectivity index (χ4n) is 6.15. The first-order valence-corrected chi connectivity index (χ1v) is 10.9. The summed E-state index contributed by atoms with van der Waals surface area (Å²) in [5.41, 5.74) is 1.76. The number of nitrogens with one attached hydrogen (secondary N) is 2. The van der Waals surface area contributed by atoms with Gasteiger partial charge in [-0.25, -0.2) is 4.79 Å². The fraction of sp³-hybridized carbons (Fsp3) is 0.583. The summed E-state index contributed by atoms with van der Waals surface area (Å²) >= 11 is 0. The molecule has 5 nitrogen and oxygen atoms in total. The molecule has 1 saturated heterocycles. The van der Waals surface area contributed by atoms with E-state index in [0.717, 1.165) is 48.8 Å². The lowest BCUT2D eigenvalue weighted by Crippen LogP contribution is -2.56. The summed E-state index contributed by atoms with van der Waals surface area (Å²) in [6.45, 7) is 0. The number of ether oxygens (including phenoxy) is 1. The van der Waals surface area contributed by atoms with Crippen molar-refractivity contribution in [3.63, 3.8) is 0 Å². The quantitative estimate of drug-likeness (QED) is 0.569. The average Bonchev–Trinajstić information content (AvgIpc) is 3.41. The number of urea groups is 1. The second-order valence-corrected chi connectivity index (χ2v) is 9.17. The van der Waals surface area contributed by atoms with Gasteiger partial charge in [-0.15, -0.1) is 0 Å². The number of carbonyl (C=O) groups excluding carboxylic acids is 2. The summed E-state index contributed by atoms with van der Waals surface area (Å²) in [6, 6.07) is 5.85. The van der Waals surface area contributed by atoms with E-state index < -0.39 is 11.6 Å². The molecule has 1 aromatic carbocycles. The first-order chi connectivity index (χ1) is 14.1. The maximum Gasteiger partial charge on any atom is 0.322 e. The Morgan fingerprint density at radius 2 is 1.86 bits per heavy atom. The molecule has 5 rings (SSSR count). The lowest BCUT2D eigenvalue weighted by molar-refractivity contribution is -0.131. The molecule has 1 aromatic rings. The zero-order chi connectivity index (χ0) is 20.1. The first-order valence-electron chi connectivity index (χ1n) is 10.9. The molecule has 0 aromatic heterocycles. The molecule has 3 amide bonds. The zero-order valence-electron chi connectivity index (χ0n) is 17.0. The molecule has 2 saturated carbocycles. The van der Waals surface area contributed by atoms with Gasteiger partial charge in [0.05, 0.1) is 6.10 Å². The third-order valence-electron chi connectivity index (χ3n) is 7.71. The van der Waals surface area contributed by atoms with E-state index in [2.05, 4.69) is 40.7 Å². The number of fused-ring (bicyclic) bond motifs is 3. The summed E-state index contributed by atoms with van der Waals surface area (Å²) in [5, 5.41) is 5.59. The summed E-state index contributed by atoms with van der Waals surface area (Å²) in [6.07, 6.45) is 9.47. The van der Waals surface area contributed by atoms with Crippen molar-refractivity contribution in [1.82, 2.24) is 10.6 Å². The van der Waals surface area contributed by atoms with E-state index in [-0.39, 0.29) is 17.4 Å². The number of imide groups is 1. The van der Waals surface area contributed by atoms with Gasteiger partial charge in [-0.05, 0) is 68.2 Å². The van der Waals surface area contributed by atoms with Crippen LogP contribution >= 0.6 is 0 Å². The summed E-state index contributed by atoms with van der Waals surface area (Å²) in [4.78, 5) is 25.5. The van der Waals surface area contributed by atoms with Gasteiger partial charge in [-0.1, -0.05) is 30.7 Å². The van der Waals surface area contributed by atoms with Crippen LogP contribution in [0.1, 0.15) is 68.1 Å². The Morgan fingerprint density at radius 1 is 1.10 bits per heavy atom. The van der Waals surface area contributed by atoms with E-state index in [0.29, 0.717) is 5.92 Å². The van der Waals surface area contributed by atoms with Crippen LogP contribution in [0, 0.1) is 23.2 Å². The highest BCUT2D eigenvalue weighted by molar-refractivity contribution is 6.08. The number of amides is 3. The second-order valence-electron chi connectivity index (χ2n) is 9.17. The number of hydrogen-bond donors (Lipinski definition) is 2. The van der Waals surface area contributed by atoms with Gasteiger partial charge in [0, 0.05) is 24.0 Å². The van der Waals surface area contributed by atoms with Crippen LogP contribution < -0.4 is 10.6 Å². The topological polar surface area (TPSA) is 67.4 Å². The van der Waals surface area contributed by atoms with Crippen LogP contribution in [0.2, 0.25) is 0 Å². The number of rotatable bonds is 1. The third-order valence-corrected chi connectivity index (χ3v) is 7.71. The van der Waals surface area contributed by atoms with Gasteiger partial charge in [-0.2, -0.15) is 0 Å². The Morgan fingerprint density at radius 3 is 2.52 bits per heavy atom. The van der Waals surface area contributed by atoms with Crippen LogP contribution in [-0.4, -0.2) is 25.2 Å². The van der Waals surface area contributed by atoms with E-state index in [9.17, 15) is 9.59 Å². The SMILES string of the molecule is COC1CCC2(CC1)Cc1ccc(C#CC3CCCC3)cc1C21NC(=O)NC1=O. The van der Waals surface area contributed by atoms with Crippen molar-refractivity contribution >= 4 is 11.9 Å². The molecular formula is C24H28N2O3. The number of carbonyl (C=O) groups is 2. The van der Waals surface area contributed by atoms with Crippen LogP contribution in [0.3, 0.4) is 0 Å². The van der Waals surface area contributed by atoms with Crippen LogP contribution in [0.15, 0.2) is 18.2 Å². The molecule has 3 fully saturated rings. The minimum absolute atomic E-state index is 0.210. The van der Waals surface area contributed by atoms with Crippen molar-refractivity contribution in [2.45, 2.75) is 69.4 Å². The van der Waals surface area contributed by atoms with E-state index in [1.807, 2.05) is 0 Å². The van der Waals surface area contributed by atoms with Gasteiger partial charge in [0.2, 0.25) is 0 Å². The van der Waals surface area contributed by atoms with Crippen molar-refractivity contribution < 1.29 is 14.3 Å². The van der Waals surface area contributed by atoms with Crippen LogP contribution in [0.4, 0.5) is 4.79 Å². The van der Waals surface area contributed by atoms with E-state index in [1.165, 1.54) is 25.7 Å². The molecule has 29 heavy (non-hydrogen) atoms. The smallest absolute Gasteiger partial charge is 0.322 e. The van der Waals surface area contributed by atoms with Gasteiger partial charge >= 0.3 is 6.03 Å². The Kier molecular flexibility index (Phi) is 4.43. The van der Waals surface area contributed by atoms with Crippen LogP contribution in [0.5, 0.6) is 0 Å². The minimum Gasteiger partial charge on any atom is -0.381 e. The average molecular weight is 392 g/mol. The number of methoxy groups -OCH3 is 1. The highest BCUT2D eigenvalue weighted by atomic mass is 16.5. The molecule has 2 N–H and O–H groups in total. The van der Waals surface area contributed by atoms with Crippen molar-refractivity contribution in [3.8, 4) is 11.8 Å². The van der Waals surface area contributed by atoms with Crippen LogP contribution in [0.25, 0.3) is 0 Å². The van der Waals surface area contributed by atoms with Crippen molar-refractivity contribution in [3.05, 3.63) is 34.9 Å². The summed E-state index contributed by atoms with van der Waals surface area (Å²) < 4.78 is 5.56. The maximum atomic E-state index is 13.2. The molecule has 1 unspecified atom stereocenters. The molecule has 0 bridgehead atoms. The number of benzene rings is 1. The largest absolute Gasteiger partial charge is 0.381 e. The maximum absolute atomic E-state index is 13.2. The predicted molar refractivity (Wildman–Crippen MR) is 109 cm³/mol. The van der Waals surface area contributed by atoms with Crippen LogP contribution in [-0.2, 0) is 21.5 Å². The molecular weight excluding hydrogens is 364 g/mol. The standard InChI is InChI=1S/C24H28N2O3/c1-29-19-10-12-23(13-11-19)15-18-9-8-17(7-6-16-4-2-3-5-16)14-20(18)24(23)21(27)25-22(28)26-24/h8-9,14,16,19H,2-5,10-13,15H2,1H3,(H2,25,26,27,28). The molecule has 3 aliphatic carbocycles. The predicted octanol–water partition coefficient (Wildman–Crippen LogP) is 3.39. The molecule has 152 valence electrons. The molecule has 4 aliphatic rings. The monoisotopic (exact) mass is 392 g/mol. The molecule has 1 aliphatic heterocycles. The molecule has 5 heteroatoms. The van der Waals surface area contributed by atoms with E-state index in [1.54, 1.807) is 7.11 Å². The highest BCUT2D eigenvalue weighted by Gasteiger charge is 2.66. The zero-order valence-corrected chi connectivity index (χ0v) is 17.0. The van der Waals surface area contributed by atoms with Gasteiger partial charge in [0.15, 0.2) is 5.54 Å². The van der Waals surface area contributed by atoms with Crippen molar-refractivity contribution in [2.24, 2.45) is 11.3 Å².